The monoisotopic (exact) mass is 331 g/mol. The molecule has 0 aliphatic heterocycles. The smallest absolute Gasteiger partial charge is 0.238 e. The number of nitrogens with one attached hydrogen (secondary N) is 3. The number of halogens is 1. The molecule has 20 heavy (non-hydrogen) atoms. The quantitative estimate of drug-likeness (QED) is 0.324. The summed E-state index contributed by atoms with van der Waals surface area (Å²) in [6.07, 6.45) is 1.26. The van der Waals surface area contributed by atoms with Crippen LogP contribution in [0, 0.1) is 0 Å². The highest BCUT2D eigenvalue weighted by Crippen LogP contribution is 2.21. The number of thiocarbonyl (C=S) groups is 1. The zero-order chi connectivity index (χ0) is 14.8. The third-order valence-corrected chi connectivity index (χ3v) is 3.88. The lowest BCUT2D eigenvalue weighted by Crippen LogP contribution is -2.46. The van der Waals surface area contributed by atoms with Gasteiger partial charge in [0, 0.05) is 22.9 Å². The van der Waals surface area contributed by atoms with Crippen LogP contribution in [0.1, 0.15) is 19.8 Å². The maximum atomic E-state index is 11.5. The molecule has 1 rings (SSSR count). The molecule has 3 N–H and O–H groups in total. The maximum absolute atomic E-state index is 11.5. The van der Waals surface area contributed by atoms with Gasteiger partial charge >= 0.3 is 0 Å². The fourth-order valence-corrected chi connectivity index (χ4v) is 2.52. The second-order valence-electron chi connectivity index (χ2n) is 3.94. The van der Waals surface area contributed by atoms with Crippen LogP contribution in [0.5, 0.6) is 0 Å². The van der Waals surface area contributed by atoms with Gasteiger partial charge in [-0.25, -0.2) is 0 Å². The summed E-state index contributed by atoms with van der Waals surface area (Å²) in [5.41, 5.74) is 5.20. The molecule has 0 aliphatic rings. The van der Waals surface area contributed by atoms with Crippen LogP contribution < -0.4 is 16.2 Å². The SMILES string of the molecule is CCNC(=S)NNC(=O)CCCSc1ccc(Cl)cc1. The third-order valence-electron chi connectivity index (χ3n) is 2.28. The molecule has 0 aromatic heterocycles. The molecule has 0 saturated heterocycles. The fraction of sp³-hybridized carbons (Fsp3) is 0.385. The van der Waals surface area contributed by atoms with Gasteiger partial charge in [0.2, 0.25) is 5.91 Å². The minimum atomic E-state index is -0.0676. The van der Waals surface area contributed by atoms with Gasteiger partial charge in [-0.15, -0.1) is 11.8 Å². The Kier molecular flexibility index (Phi) is 8.41. The number of thioether (sulfide) groups is 1. The number of carbonyl (C=O) groups is 1. The van der Waals surface area contributed by atoms with Gasteiger partial charge in [-0.1, -0.05) is 11.6 Å². The predicted molar refractivity (Wildman–Crippen MR) is 89.0 cm³/mol. The topological polar surface area (TPSA) is 53.2 Å². The first-order chi connectivity index (χ1) is 9.61. The molecule has 1 aromatic rings. The Labute approximate surface area is 134 Å². The molecule has 110 valence electrons. The molecule has 1 amide bonds. The highest BCUT2D eigenvalue weighted by atomic mass is 35.5. The summed E-state index contributed by atoms with van der Waals surface area (Å²) in [7, 11) is 0. The number of amides is 1. The fourth-order valence-electron chi connectivity index (χ4n) is 1.35. The van der Waals surface area contributed by atoms with Crippen molar-refractivity contribution in [3.63, 3.8) is 0 Å². The molecule has 0 spiro atoms. The maximum Gasteiger partial charge on any atom is 0.238 e. The van der Waals surface area contributed by atoms with Crippen LogP contribution in [0.15, 0.2) is 29.2 Å². The summed E-state index contributed by atoms with van der Waals surface area (Å²) < 4.78 is 0. The van der Waals surface area contributed by atoms with Gasteiger partial charge in [-0.05, 0) is 55.6 Å². The van der Waals surface area contributed by atoms with Gasteiger partial charge in [0.25, 0.3) is 0 Å². The second-order valence-corrected chi connectivity index (χ2v) is 5.95. The Balaban J connectivity index is 2.10. The molecular formula is C13H18ClN3OS2. The van der Waals surface area contributed by atoms with Crippen LogP contribution in [0.25, 0.3) is 0 Å². The predicted octanol–water partition coefficient (Wildman–Crippen LogP) is 2.73. The molecule has 1 aromatic carbocycles. The largest absolute Gasteiger partial charge is 0.362 e. The Morgan fingerprint density at radius 3 is 2.65 bits per heavy atom. The molecule has 0 aliphatic carbocycles. The standard InChI is InChI=1S/C13H18ClN3OS2/c1-2-15-13(19)17-16-12(18)4-3-9-20-11-7-5-10(14)6-8-11/h5-8H,2-4,9H2,1H3,(H,16,18)(H2,15,17,19). The first-order valence-corrected chi connectivity index (χ1v) is 8.10. The van der Waals surface area contributed by atoms with Crippen molar-refractivity contribution in [3.8, 4) is 0 Å². The van der Waals surface area contributed by atoms with Crippen molar-refractivity contribution in [2.75, 3.05) is 12.3 Å². The van der Waals surface area contributed by atoms with Crippen molar-refractivity contribution < 1.29 is 4.79 Å². The summed E-state index contributed by atoms with van der Waals surface area (Å²) in [4.78, 5) is 12.7. The van der Waals surface area contributed by atoms with Crippen LogP contribution >= 0.6 is 35.6 Å². The van der Waals surface area contributed by atoms with Crippen LogP contribution in [-0.4, -0.2) is 23.3 Å². The highest BCUT2D eigenvalue weighted by molar-refractivity contribution is 7.99. The molecule has 0 heterocycles. The van der Waals surface area contributed by atoms with Crippen LogP contribution in [0.3, 0.4) is 0 Å². The Morgan fingerprint density at radius 2 is 2.00 bits per heavy atom. The number of rotatable bonds is 6. The molecular weight excluding hydrogens is 314 g/mol. The number of hydrogen-bond donors (Lipinski definition) is 3. The van der Waals surface area contributed by atoms with Gasteiger partial charge in [0.1, 0.15) is 0 Å². The van der Waals surface area contributed by atoms with Gasteiger partial charge in [-0.3, -0.25) is 15.6 Å². The number of hydrazine groups is 1. The van der Waals surface area contributed by atoms with E-state index in [1.165, 1.54) is 0 Å². The van der Waals surface area contributed by atoms with E-state index in [4.69, 9.17) is 23.8 Å². The summed E-state index contributed by atoms with van der Waals surface area (Å²) in [6, 6.07) is 7.68. The Morgan fingerprint density at radius 1 is 1.30 bits per heavy atom. The number of hydrogen-bond acceptors (Lipinski definition) is 3. The van der Waals surface area contributed by atoms with Crippen molar-refractivity contribution in [3.05, 3.63) is 29.3 Å². The van der Waals surface area contributed by atoms with E-state index in [1.807, 2.05) is 31.2 Å². The van der Waals surface area contributed by atoms with Crippen molar-refractivity contribution in [1.82, 2.24) is 16.2 Å². The minimum Gasteiger partial charge on any atom is -0.362 e. The first-order valence-electron chi connectivity index (χ1n) is 6.33. The number of benzene rings is 1. The van der Waals surface area contributed by atoms with E-state index in [1.54, 1.807) is 11.8 Å². The minimum absolute atomic E-state index is 0.0676. The van der Waals surface area contributed by atoms with Crippen molar-refractivity contribution in [1.29, 1.82) is 0 Å². The molecule has 0 fully saturated rings. The third kappa shape index (κ3) is 7.57. The van der Waals surface area contributed by atoms with E-state index in [0.29, 0.717) is 11.5 Å². The Hall–Kier alpha value is -0.980. The lowest BCUT2D eigenvalue weighted by molar-refractivity contribution is -0.121. The van der Waals surface area contributed by atoms with E-state index in [9.17, 15) is 4.79 Å². The lowest BCUT2D eigenvalue weighted by Gasteiger charge is -2.09. The van der Waals surface area contributed by atoms with Crippen LogP contribution in [0.2, 0.25) is 5.02 Å². The second kappa shape index (κ2) is 9.85. The van der Waals surface area contributed by atoms with E-state index < -0.39 is 0 Å². The van der Waals surface area contributed by atoms with Gasteiger partial charge in [0.05, 0.1) is 0 Å². The molecule has 4 nitrogen and oxygen atoms in total. The highest BCUT2D eigenvalue weighted by Gasteiger charge is 2.02. The van der Waals surface area contributed by atoms with Crippen LogP contribution in [-0.2, 0) is 4.79 Å². The van der Waals surface area contributed by atoms with Crippen LogP contribution in [0.4, 0.5) is 0 Å². The first kappa shape index (κ1) is 17.1. The van der Waals surface area contributed by atoms with Crippen molar-refractivity contribution >= 4 is 46.6 Å². The summed E-state index contributed by atoms with van der Waals surface area (Å²) in [5, 5.41) is 4.04. The van der Waals surface area contributed by atoms with E-state index in [2.05, 4.69) is 16.2 Å². The normalized spacial score (nSPS) is 9.90. The Bertz CT molecular complexity index is 440. The van der Waals surface area contributed by atoms with Crippen molar-refractivity contribution in [2.45, 2.75) is 24.7 Å². The summed E-state index contributed by atoms with van der Waals surface area (Å²) in [6.45, 7) is 2.66. The molecule has 7 heteroatoms. The lowest BCUT2D eigenvalue weighted by atomic mass is 10.3. The van der Waals surface area contributed by atoms with E-state index in [-0.39, 0.29) is 5.91 Å². The molecule has 0 saturated carbocycles. The zero-order valence-electron chi connectivity index (χ0n) is 11.2. The van der Waals surface area contributed by atoms with Crippen molar-refractivity contribution in [2.24, 2.45) is 0 Å². The van der Waals surface area contributed by atoms with Gasteiger partial charge in [0.15, 0.2) is 5.11 Å². The average Bonchev–Trinajstić information content (AvgIpc) is 2.43. The van der Waals surface area contributed by atoms with E-state index >= 15 is 0 Å². The molecule has 0 bridgehead atoms. The van der Waals surface area contributed by atoms with E-state index in [0.717, 1.165) is 28.6 Å². The summed E-state index contributed by atoms with van der Waals surface area (Å²) >= 11 is 12.4. The van der Waals surface area contributed by atoms with Gasteiger partial charge < -0.3 is 5.32 Å². The molecule has 0 atom stereocenters. The zero-order valence-corrected chi connectivity index (χ0v) is 13.6. The number of carbonyl (C=O) groups excluding carboxylic acids is 1. The molecule has 0 unspecified atom stereocenters. The summed E-state index contributed by atoms with van der Waals surface area (Å²) in [5.74, 6) is 0.814. The average molecular weight is 332 g/mol. The molecule has 0 radical (unpaired) electrons. The van der Waals surface area contributed by atoms with Gasteiger partial charge in [-0.2, -0.15) is 0 Å².